The van der Waals surface area contributed by atoms with Gasteiger partial charge in [-0.2, -0.15) is 5.11 Å². The number of hydrogen-bond acceptors (Lipinski definition) is 4. The predicted octanol–water partition coefficient (Wildman–Crippen LogP) is 7.45. The quantitative estimate of drug-likeness (QED) is 0.273. The van der Waals surface area contributed by atoms with Crippen molar-refractivity contribution in [3.8, 4) is 16.9 Å². The van der Waals surface area contributed by atoms with E-state index in [0.717, 1.165) is 36.8 Å². The number of carboxylic acids is 1. The molecule has 0 saturated heterocycles. The van der Waals surface area contributed by atoms with Gasteiger partial charge in [0.05, 0.1) is 13.5 Å². The third kappa shape index (κ3) is 7.34. The smallest absolute Gasteiger partial charge is 0.363 e. The van der Waals surface area contributed by atoms with Crippen molar-refractivity contribution >= 4 is 12.0 Å². The van der Waals surface area contributed by atoms with Gasteiger partial charge in [-0.3, -0.25) is 9.69 Å². The normalized spacial score (nSPS) is 15.9. The highest BCUT2D eigenvalue weighted by atomic mass is 16.5. The topological polar surface area (TPSA) is 91.6 Å². The van der Waals surface area contributed by atoms with E-state index in [9.17, 15) is 14.7 Å². The number of benzene rings is 3. The first-order valence-electron chi connectivity index (χ1n) is 13.8. The summed E-state index contributed by atoms with van der Waals surface area (Å²) in [5.41, 5.74) is 6.42. The first kappa shape index (κ1) is 29.0. The van der Waals surface area contributed by atoms with E-state index in [2.05, 4.69) is 74.3 Å². The van der Waals surface area contributed by atoms with Crippen LogP contribution >= 0.6 is 0 Å². The largest absolute Gasteiger partial charge is 0.497 e. The molecule has 7 nitrogen and oxygen atoms in total. The summed E-state index contributed by atoms with van der Waals surface area (Å²) in [4.78, 5) is 25.6. The molecular weight excluding hydrogens is 502 g/mol. The van der Waals surface area contributed by atoms with Crippen LogP contribution in [0.15, 0.2) is 77.0 Å². The molecule has 0 aliphatic carbocycles. The molecule has 2 atom stereocenters. The summed E-state index contributed by atoms with van der Waals surface area (Å²) >= 11 is 0. The van der Waals surface area contributed by atoms with Gasteiger partial charge >= 0.3 is 12.0 Å². The zero-order valence-corrected chi connectivity index (χ0v) is 24.1. The molecule has 3 aromatic carbocycles. The lowest BCUT2D eigenvalue weighted by Gasteiger charge is -2.28. The van der Waals surface area contributed by atoms with Crippen LogP contribution in [-0.2, 0) is 29.5 Å². The lowest BCUT2D eigenvalue weighted by molar-refractivity contribution is -0.136. The summed E-state index contributed by atoms with van der Waals surface area (Å²) in [6, 6.07) is 22.2. The molecule has 1 N–H and O–H groups in total. The van der Waals surface area contributed by atoms with E-state index in [1.165, 1.54) is 16.7 Å². The van der Waals surface area contributed by atoms with Gasteiger partial charge in [0.25, 0.3) is 0 Å². The van der Waals surface area contributed by atoms with E-state index >= 15 is 0 Å². The molecule has 2 unspecified atom stereocenters. The van der Waals surface area contributed by atoms with Gasteiger partial charge in [-0.1, -0.05) is 80.5 Å². The van der Waals surface area contributed by atoms with Crippen LogP contribution in [0.4, 0.5) is 4.79 Å². The van der Waals surface area contributed by atoms with Gasteiger partial charge in [0.1, 0.15) is 11.9 Å². The first-order chi connectivity index (χ1) is 19.0. The molecule has 0 fully saturated rings. The summed E-state index contributed by atoms with van der Waals surface area (Å²) in [6.07, 6.45) is 2.96. The molecule has 4 rings (SSSR count). The molecule has 0 bridgehead atoms. The lowest BCUT2D eigenvalue weighted by atomic mass is 9.86. The maximum absolute atomic E-state index is 12.6. The van der Waals surface area contributed by atoms with Gasteiger partial charge in [0.15, 0.2) is 0 Å². The third-order valence-corrected chi connectivity index (χ3v) is 7.42. The molecule has 7 heteroatoms. The summed E-state index contributed by atoms with van der Waals surface area (Å²) in [6.45, 7) is 8.68. The maximum Gasteiger partial charge on any atom is 0.363 e. The Morgan fingerprint density at radius 1 is 0.975 bits per heavy atom. The Kier molecular flexibility index (Phi) is 9.03. The van der Waals surface area contributed by atoms with Crippen LogP contribution in [0.5, 0.6) is 5.75 Å². The number of methoxy groups -OCH3 is 1. The van der Waals surface area contributed by atoms with Gasteiger partial charge < -0.3 is 9.84 Å². The number of carbonyl (C=O) groups is 2. The Morgan fingerprint density at radius 2 is 1.65 bits per heavy atom. The Balaban J connectivity index is 1.34. The van der Waals surface area contributed by atoms with Gasteiger partial charge in [-0.15, -0.1) is 0 Å². The predicted molar refractivity (Wildman–Crippen MR) is 157 cm³/mol. The van der Waals surface area contributed by atoms with Crippen LogP contribution in [0.2, 0.25) is 0 Å². The van der Waals surface area contributed by atoms with Crippen molar-refractivity contribution in [2.45, 2.75) is 77.4 Å². The molecule has 0 aromatic heterocycles. The molecule has 1 aliphatic rings. The highest BCUT2D eigenvalue weighted by Crippen LogP contribution is 2.28. The second kappa shape index (κ2) is 12.5. The molecule has 210 valence electrons. The number of rotatable bonds is 11. The minimum atomic E-state index is -0.874. The van der Waals surface area contributed by atoms with Crippen LogP contribution in [0.1, 0.15) is 62.8 Å². The van der Waals surface area contributed by atoms with Crippen LogP contribution < -0.4 is 4.74 Å². The molecule has 0 radical (unpaired) electrons. The molecule has 2 amide bonds. The number of aryl methyl sites for hydroxylation is 1. The van der Waals surface area contributed by atoms with E-state index in [1.54, 1.807) is 13.2 Å². The average molecular weight is 542 g/mol. The SMILES string of the molecule is COc1cc(CC(=O)O)cc(-c2ccc(CCCC3N=NC(=O)N3C(C)Cc3ccc(C(C)(C)C)cc3)cc2)c1. The van der Waals surface area contributed by atoms with Crippen molar-refractivity contribution in [2.75, 3.05) is 7.11 Å². The van der Waals surface area contributed by atoms with E-state index in [1.807, 2.05) is 29.2 Å². The van der Waals surface area contributed by atoms with Gasteiger partial charge in [-0.25, -0.2) is 4.79 Å². The zero-order chi connectivity index (χ0) is 28.9. The number of azo groups is 1. The maximum atomic E-state index is 12.6. The highest BCUT2D eigenvalue weighted by Gasteiger charge is 2.33. The number of carbonyl (C=O) groups excluding carboxylic acids is 1. The van der Waals surface area contributed by atoms with Crippen molar-refractivity contribution in [2.24, 2.45) is 10.2 Å². The van der Waals surface area contributed by atoms with E-state index in [-0.39, 0.29) is 30.1 Å². The van der Waals surface area contributed by atoms with Gasteiger partial charge in [0, 0.05) is 6.04 Å². The highest BCUT2D eigenvalue weighted by molar-refractivity contribution is 5.76. The number of hydrogen-bond donors (Lipinski definition) is 1. The summed E-state index contributed by atoms with van der Waals surface area (Å²) in [5.74, 6) is -0.237. The lowest BCUT2D eigenvalue weighted by Crippen LogP contribution is -2.41. The van der Waals surface area contributed by atoms with Crippen LogP contribution in [0.3, 0.4) is 0 Å². The molecular formula is C33H39N3O4. The Morgan fingerprint density at radius 3 is 2.27 bits per heavy atom. The monoisotopic (exact) mass is 541 g/mol. The zero-order valence-electron chi connectivity index (χ0n) is 24.1. The van der Waals surface area contributed by atoms with E-state index < -0.39 is 5.97 Å². The molecule has 0 spiro atoms. The Bertz CT molecular complexity index is 1360. The van der Waals surface area contributed by atoms with E-state index in [4.69, 9.17) is 4.74 Å². The second-order valence-corrected chi connectivity index (χ2v) is 11.6. The first-order valence-corrected chi connectivity index (χ1v) is 13.8. The van der Waals surface area contributed by atoms with Crippen LogP contribution in [0.25, 0.3) is 11.1 Å². The fourth-order valence-corrected chi connectivity index (χ4v) is 5.18. The van der Waals surface area contributed by atoms with Crippen molar-refractivity contribution < 1.29 is 19.4 Å². The third-order valence-electron chi connectivity index (χ3n) is 7.42. The number of aliphatic carboxylic acids is 1. The van der Waals surface area contributed by atoms with E-state index in [0.29, 0.717) is 11.3 Å². The van der Waals surface area contributed by atoms with Crippen molar-refractivity contribution in [1.29, 1.82) is 0 Å². The summed E-state index contributed by atoms with van der Waals surface area (Å²) in [5, 5.41) is 17.3. The standard InChI is InChI=1S/C33H39N3O4/c1-22(17-24-11-15-28(16-12-24)33(2,3)4)36-30(34-35-32(36)39)8-6-7-23-9-13-26(14-10-23)27-18-25(20-31(37)38)19-29(21-27)40-5/h9-16,18-19,21-22,30H,6-8,17,20H2,1-5H3,(H,37,38). The number of amides is 2. The Labute approximate surface area is 236 Å². The number of ether oxygens (including phenoxy) is 1. The van der Waals surface area contributed by atoms with Crippen LogP contribution in [-0.4, -0.2) is 41.3 Å². The molecule has 0 saturated carbocycles. The number of carboxylic acid groups (broad SMARTS) is 1. The molecule has 40 heavy (non-hydrogen) atoms. The van der Waals surface area contributed by atoms with Crippen molar-refractivity contribution in [1.82, 2.24) is 4.90 Å². The fraction of sp³-hybridized carbons (Fsp3) is 0.394. The molecule has 1 aliphatic heterocycles. The molecule has 1 heterocycles. The number of nitrogens with zero attached hydrogens (tertiary/aromatic N) is 3. The molecule has 3 aromatic rings. The Hall–Kier alpha value is -4.00. The minimum absolute atomic E-state index is 0.00107. The second-order valence-electron chi connectivity index (χ2n) is 11.6. The van der Waals surface area contributed by atoms with Gasteiger partial charge in [0.2, 0.25) is 0 Å². The van der Waals surface area contributed by atoms with Gasteiger partial charge in [-0.05, 0) is 83.5 Å². The van der Waals surface area contributed by atoms with Crippen LogP contribution in [0, 0.1) is 0 Å². The number of urea groups is 1. The average Bonchev–Trinajstić information content (AvgIpc) is 3.28. The minimum Gasteiger partial charge on any atom is -0.497 e. The fourth-order valence-electron chi connectivity index (χ4n) is 5.18. The summed E-state index contributed by atoms with van der Waals surface area (Å²) < 4.78 is 5.37. The summed E-state index contributed by atoms with van der Waals surface area (Å²) in [7, 11) is 1.58. The van der Waals surface area contributed by atoms with Crippen molar-refractivity contribution in [3.05, 3.63) is 89.0 Å². The van der Waals surface area contributed by atoms with Crippen molar-refractivity contribution in [3.63, 3.8) is 0 Å².